The van der Waals surface area contributed by atoms with Crippen molar-refractivity contribution in [2.24, 2.45) is 0 Å². The number of aromatic nitrogens is 1. The molecular formula is C22H21ClN2O3. The van der Waals surface area contributed by atoms with E-state index in [0.29, 0.717) is 11.6 Å². The minimum atomic E-state index is -0.255. The predicted molar refractivity (Wildman–Crippen MR) is 109 cm³/mol. The molecule has 0 unspecified atom stereocenters. The van der Waals surface area contributed by atoms with E-state index >= 15 is 0 Å². The van der Waals surface area contributed by atoms with Crippen LogP contribution in [0, 0.1) is 0 Å². The Morgan fingerprint density at radius 1 is 1.11 bits per heavy atom. The molecule has 1 fully saturated rings. The van der Waals surface area contributed by atoms with Crippen LogP contribution in [0.15, 0.2) is 42.5 Å². The number of halogens is 1. The number of hydrogen-bond donors (Lipinski definition) is 1. The number of hydrogen-bond acceptors (Lipinski definition) is 5. The molecule has 28 heavy (non-hydrogen) atoms. The van der Waals surface area contributed by atoms with Crippen molar-refractivity contribution < 1.29 is 14.6 Å². The van der Waals surface area contributed by atoms with Gasteiger partial charge in [-0.05, 0) is 49.2 Å². The van der Waals surface area contributed by atoms with Crippen molar-refractivity contribution in [2.45, 2.75) is 25.5 Å². The molecule has 6 heteroatoms. The van der Waals surface area contributed by atoms with Gasteiger partial charge in [0.05, 0.1) is 17.3 Å². The highest BCUT2D eigenvalue weighted by atomic mass is 35.5. The highest BCUT2D eigenvalue weighted by molar-refractivity contribution is 6.30. The van der Waals surface area contributed by atoms with Crippen molar-refractivity contribution in [2.75, 3.05) is 19.9 Å². The Hall–Kier alpha value is -2.34. The molecule has 0 spiro atoms. The fourth-order valence-corrected chi connectivity index (χ4v) is 4.13. The fourth-order valence-electron chi connectivity index (χ4n) is 4.00. The molecule has 1 aromatic heterocycles. The molecule has 2 aliphatic heterocycles. The molecule has 2 aliphatic rings. The molecule has 3 aromatic rings. The number of aliphatic hydroxyl groups excluding tert-OH is 1. The number of β-amino-alcohol motifs (C(OH)–C–C–N with tert-alkyl or cyclic N) is 1. The van der Waals surface area contributed by atoms with Crippen LogP contribution in [-0.2, 0) is 6.54 Å². The third-order valence-electron chi connectivity index (χ3n) is 5.38. The molecule has 5 nitrogen and oxygen atoms in total. The van der Waals surface area contributed by atoms with Gasteiger partial charge in [0.1, 0.15) is 0 Å². The summed E-state index contributed by atoms with van der Waals surface area (Å²) in [6.45, 7) is 2.66. The molecule has 1 atom stereocenters. The topological polar surface area (TPSA) is 54.8 Å². The van der Waals surface area contributed by atoms with Crippen molar-refractivity contribution in [1.29, 1.82) is 0 Å². The first kappa shape index (κ1) is 17.7. The van der Waals surface area contributed by atoms with E-state index in [2.05, 4.69) is 11.0 Å². The zero-order valence-corrected chi connectivity index (χ0v) is 16.2. The van der Waals surface area contributed by atoms with Gasteiger partial charge in [0.25, 0.3) is 0 Å². The van der Waals surface area contributed by atoms with E-state index in [0.717, 1.165) is 65.2 Å². The largest absolute Gasteiger partial charge is 0.454 e. The molecule has 3 heterocycles. The number of benzene rings is 2. The van der Waals surface area contributed by atoms with Gasteiger partial charge in [0, 0.05) is 35.1 Å². The number of pyridine rings is 1. The summed E-state index contributed by atoms with van der Waals surface area (Å²) in [4.78, 5) is 7.26. The molecule has 0 radical (unpaired) electrons. The van der Waals surface area contributed by atoms with Crippen LogP contribution in [-0.4, -0.2) is 41.0 Å². The molecule has 1 N–H and O–H groups in total. The lowest BCUT2D eigenvalue weighted by Crippen LogP contribution is -2.37. The minimum Gasteiger partial charge on any atom is -0.454 e. The summed E-state index contributed by atoms with van der Waals surface area (Å²) in [6, 6.07) is 13.9. The molecule has 0 amide bonds. The lowest BCUT2D eigenvalue weighted by molar-refractivity contribution is 0.0669. The summed E-state index contributed by atoms with van der Waals surface area (Å²) < 4.78 is 11.0. The second-order valence-corrected chi connectivity index (χ2v) is 7.87. The van der Waals surface area contributed by atoms with Gasteiger partial charge in [0.2, 0.25) is 6.79 Å². The van der Waals surface area contributed by atoms with Gasteiger partial charge in [-0.2, -0.15) is 0 Å². The van der Waals surface area contributed by atoms with Crippen LogP contribution in [0.2, 0.25) is 5.02 Å². The monoisotopic (exact) mass is 396 g/mol. The average molecular weight is 397 g/mol. The standard InChI is InChI=1S/C22H21ClN2O3/c23-17-5-3-14(4-6-17)22-16(11-25-7-1-2-18(26)12-25)8-15-9-20-21(28-13-27-20)10-19(15)24-22/h3-6,8-10,18,26H,1-2,7,11-13H2/t18-/m0/s1. The number of nitrogens with zero attached hydrogens (tertiary/aromatic N) is 2. The summed E-state index contributed by atoms with van der Waals surface area (Å²) in [6.07, 6.45) is 1.63. The van der Waals surface area contributed by atoms with Crippen LogP contribution >= 0.6 is 11.6 Å². The molecule has 2 aromatic carbocycles. The van der Waals surface area contributed by atoms with E-state index in [4.69, 9.17) is 26.1 Å². The SMILES string of the molecule is O[C@H]1CCCN(Cc2cc3cc4c(cc3nc2-c2ccc(Cl)cc2)OCO4)C1. The smallest absolute Gasteiger partial charge is 0.231 e. The van der Waals surface area contributed by atoms with Gasteiger partial charge in [0.15, 0.2) is 11.5 Å². The minimum absolute atomic E-state index is 0.244. The van der Waals surface area contributed by atoms with E-state index in [1.165, 1.54) is 0 Å². The number of ether oxygens (including phenoxy) is 2. The summed E-state index contributed by atoms with van der Waals surface area (Å²) in [7, 11) is 0. The van der Waals surface area contributed by atoms with Gasteiger partial charge in [-0.3, -0.25) is 4.90 Å². The van der Waals surface area contributed by atoms with Gasteiger partial charge in [-0.15, -0.1) is 0 Å². The predicted octanol–water partition coefficient (Wildman–Crippen LogP) is 4.24. The first-order valence-electron chi connectivity index (χ1n) is 9.55. The summed E-state index contributed by atoms with van der Waals surface area (Å²) in [5.74, 6) is 1.49. The second kappa shape index (κ2) is 7.24. The van der Waals surface area contributed by atoms with E-state index in [-0.39, 0.29) is 12.9 Å². The number of aliphatic hydroxyl groups is 1. The Kier molecular flexibility index (Phi) is 4.59. The van der Waals surface area contributed by atoms with Gasteiger partial charge >= 0.3 is 0 Å². The van der Waals surface area contributed by atoms with Crippen molar-refractivity contribution >= 4 is 22.5 Å². The van der Waals surface area contributed by atoms with Crippen LogP contribution in [0.5, 0.6) is 11.5 Å². The maximum atomic E-state index is 10.0. The molecule has 0 aliphatic carbocycles. The van der Waals surface area contributed by atoms with Crippen molar-refractivity contribution in [1.82, 2.24) is 9.88 Å². The van der Waals surface area contributed by atoms with Crippen LogP contribution in [0.25, 0.3) is 22.2 Å². The van der Waals surface area contributed by atoms with Crippen LogP contribution in [0.3, 0.4) is 0 Å². The molecule has 0 bridgehead atoms. The maximum absolute atomic E-state index is 10.0. The second-order valence-electron chi connectivity index (χ2n) is 7.43. The zero-order valence-electron chi connectivity index (χ0n) is 15.4. The lowest BCUT2D eigenvalue weighted by atomic mass is 10.0. The van der Waals surface area contributed by atoms with Crippen LogP contribution in [0.1, 0.15) is 18.4 Å². The van der Waals surface area contributed by atoms with Crippen LogP contribution in [0.4, 0.5) is 0 Å². The Labute approximate surface area is 168 Å². The molecule has 144 valence electrons. The molecule has 1 saturated heterocycles. The van der Waals surface area contributed by atoms with Gasteiger partial charge in [-0.25, -0.2) is 4.98 Å². The highest BCUT2D eigenvalue weighted by Crippen LogP contribution is 2.37. The third-order valence-corrected chi connectivity index (χ3v) is 5.63. The fraction of sp³-hybridized carbons (Fsp3) is 0.318. The normalized spacial score (nSPS) is 19.3. The average Bonchev–Trinajstić information content (AvgIpc) is 3.14. The molecule has 5 rings (SSSR count). The van der Waals surface area contributed by atoms with Crippen molar-refractivity contribution in [3.05, 3.63) is 53.1 Å². The summed E-state index contributed by atoms with van der Waals surface area (Å²) >= 11 is 6.08. The Morgan fingerprint density at radius 3 is 2.68 bits per heavy atom. The quantitative estimate of drug-likeness (QED) is 0.717. The number of fused-ring (bicyclic) bond motifs is 2. The molecular weight excluding hydrogens is 376 g/mol. The van der Waals surface area contributed by atoms with E-state index < -0.39 is 0 Å². The number of piperidine rings is 1. The van der Waals surface area contributed by atoms with Crippen molar-refractivity contribution in [3.63, 3.8) is 0 Å². The Morgan fingerprint density at radius 2 is 1.89 bits per heavy atom. The Balaban J connectivity index is 1.61. The maximum Gasteiger partial charge on any atom is 0.231 e. The van der Waals surface area contributed by atoms with E-state index in [1.54, 1.807) is 0 Å². The molecule has 0 saturated carbocycles. The Bertz CT molecular complexity index is 1020. The number of likely N-dealkylation sites (tertiary alicyclic amines) is 1. The first-order valence-corrected chi connectivity index (χ1v) is 9.93. The lowest BCUT2D eigenvalue weighted by Gasteiger charge is -2.30. The van der Waals surface area contributed by atoms with E-state index in [1.807, 2.05) is 36.4 Å². The first-order chi connectivity index (χ1) is 13.7. The van der Waals surface area contributed by atoms with E-state index in [9.17, 15) is 5.11 Å². The third kappa shape index (κ3) is 3.41. The summed E-state index contributed by atoms with van der Waals surface area (Å²) in [5.41, 5.74) is 3.96. The van der Waals surface area contributed by atoms with Crippen molar-refractivity contribution in [3.8, 4) is 22.8 Å². The van der Waals surface area contributed by atoms with Gasteiger partial charge in [-0.1, -0.05) is 23.7 Å². The highest BCUT2D eigenvalue weighted by Gasteiger charge is 2.21. The zero-order chi connectivity index (χ0) is 19.1. The van der Waals surface area contributed by atoms with Gasteiger partial charge < -0.3 is 14.6 Å². The van der Waals surface area contributed by atoms with Crippen LogP contribution < -0.4 is 9.47 Å². The summed E-state index contributed by atoms with van der Waals surface area (Å²) in [5, 5.41) is 11.8. The number of rotatable bonds is 3.